The molecule has 0 amide bonds. The predicted octanol–water partition coefficient (Wildman–Crippen LogP) is 2.39. The average molecular weight is 354 g/mol. The topological polar surface area (TPSA) is 116 Å². The van der Waals surface area contributed by atoms with Crippen molar-refractivity contribution in [1.82, 2.24) is 25.4 Å². The molecule has 9 heteroatoms. The molecular weight excluding hydrogens is 340 g/mol. The summed E-state index contributed by atoms with van der Waals surface area (Å²) in [7, 11) is -3.34. The van der Waals surface area contributed by atoms with E-state index in [2.05, 4.69) is 30.1 Å². The van der Waals surface area contributed by atoms with Crippen LogP contribution in [0.5, 0.6) is 0 Å². The average Bonchev–Trinajstić information content (AvgIpc) is 3.22. The standard InChI is InChI=1S/C16H14N6O2S/c1-25(23,24)22-12-4-2-3-10(7-12)15-13-8-11(16-17-9-18-21-16)5-6-14(13)19-20-15/h2-9,22H,1H3,(H,19,20)(H,17,18,21). The Hall–Kier alpha value is -3.20. The van der Waals surface area contributed by atoms with Gasteiger partial charge in [0.2, 0.25) is 10.0 Å². The Kier molecular flexibility index (Phi) is 3.50. The van der Waals surface area contributed by atoms with Crippen molar-refractivity contribution in [2.75, 3.05) is 11.0 Å². The van der Waals surface area contributed by atoms with E-state index in [9.17, 15) is 8.42 Å². The summed E-state index contributed by atoms with van der Waals surface area (Å²) >= 11 is 0. The molecule has 0 aliphatic carbocycles. The first-order chi connectivity index (χ1) is 12.0. The number of hydrogen-bond donors (Lipinski definition) is 3. The Balaban J connectivity index is 1.81. The summed E-state index contributed by atoms with van der Waals surface area (Å²) in [4.78, 5) is 2.97. The molecule has 0 aliphatic rings. The molecule has 2 aromatic carbocycles. The summed E-state index contributed by atoms with van der Waals surface area (Å²) < 4.78 is 25.4. The van der Waals surface area contributed by atoms with Crippen LogP contribution in [0.25, 0.3) is 33.5 Å². The normalized spacial score (nSPS) is 11.7. The fourth-order valence-electron chi connectivity index (χ4n) is 2.67. The number of anilines is 1. The van der Waals surface area contributed by atoms with Crippen LogP contribution >= 0.6 is 0 Å². The van der Waals surface area contributed by atoms with Gasteiger partial charge in [0.25, 0.3) is 0 Å². The first-order valence-corrected chi connectivity index (χ1v) is 9.31. The Bertz CT molecular complexity index is 1150. The zero-order chi connectivity index (χ0) is 17.4. The highest BCUT2D eigenvalue weighted by atomic mass is 32.2. The van der Waals surface area contributed by atoms with Gasteiger partial charge in [-0.2, -0.15) is 5.10 Å². The molecule has 25 heavy (non-hydrogen) atoms. The molecule has 0 radical (unpaired) electrons. The molecule has 0 aliphatic heterocycles. The third-order valence-corrected chi connectivity index (χ3v) is 4.30. The summed E-state index contributed by atoms with van der Waals surface area (Å²) in [5, 5.41) is 16.1. The van der Waals surface area contributed by atoms with Crippen molar-refractivity contribution < 1.29 is 8.42 Å². The number of H-pyrrole nitrogens is 2. The van der Waals surface area contributed by atoms with Crippen LogP contribution in [0.4, 0.5) is 5.69 Å². The maximum absolute atomic E-state index is 11.4. The van der Waals surface area contributed by atoms with Gasteiger partial charge in [0, 0.05) is 22.2 Å². The van der Waals surface area contributed by atoms with Crippen LogP contribution in [-0.4, -0.2) is 40.1 Å². The molecule has 4 aromatic rings. The molecule has 0 atom stereocenters. The Morgan fingerprint density at radius 2 is 1.96 bits per heavy atom. The van der Waals surface area contributed by atoms with Gasteiger partial charge >= 0.3 is 0 Å². The number of benzene rings is 2. The summed E-state index contributed by atoms with van der Waals surface area (Å²) in [6.45, 7) is 0. The number of fused-ring (bicyclic) bond motifs is 1. The lowest BCUT2D eigenvalue weighted by Crippen LogP contribution is -2.09. The maximum atomic E-state index is 11.4. The minimum absolute atomic E-state index is 0.488. The van der Waals surface area contributed by atoms with Gasteiger partial charge in [0.1, 0.15) is 6.33 Å². The smallest absolute Gasteiger partial charge is 0.229 e. The van der Waals surface area contributed by atoms with Crippen molar-refractivity contribution in [3.8, 4) is 22.6 Å². The van der Waals surface area contributed by atoms with Gasteiger partial charge in [-0.25, -0.2) is 8.42 Å². The van der Waals surface area contributed by atoms with Gasteiger partial charge in [0.05, 0.1) is 17.5 Å². The lowest BCUT2D eigenvalue weighted by molar-refractivity contribution is 0.607. The van der Waals surface area contributed by atoms with Crippen LogP contribution in [0.1, 0.15) is 0 Å². The van der Waals surface area contributed by atoms with Gasteiger partial charge in [-0.3, -0.25) is 9.82 Å². The number of aromatic amines is 2. The first kappa shape index (κ1) is 15.3. The van der Waals surface area contributed by atoms with Gasteiger partial charge in [0.15, 0.2) is 5.82 Å². The molecule has 0 spiro atoms. The SMILES string of the molecule is CS(=O)(=O)Nc1cccc(-c2n[nH]c3ccc(-c4nnc[nH]4)cc23)c1. The molecule has 0 unspecified atom stereocenters. The highest BCUT2D eigenvalue weighted by molar-refractivity contribution is 7.92. The van der Waals surface area contributed by atoms with Gasteiger partial charge in [-0.05, 0) is 30.3 Å². The van der Waals surface area contributed by atoms with E-state index in [4.69, 9.17) is 0 Å². The van der Waals surface area contributed by atoms with Crippen molar-refractivity contribution in [1.29, 1.82) is 0 Å². The van der Waals surface area contributed by atoms with E-state index >= 15 is 0 Å². The van der Waals surface area contributed by atoms with Crippen molar-refractivity contribution in [2.24, 2.45) is 0 Å². The quantitative estimate of drug-likeness (QED) is 0.520. The van der Waals surface area contributed by atoms with Crippen LogP contribution in [0, 0.1) is 0 Å². The molecule has 0 saturated carbocycles. The monoisotopic (exact) mass is 354 g/mol. The van der Waals surface area contributed by atoms with Crippen molar-refractivity contribution in [3.63, 3.8) is 0 Å². The second-order valence-electron chi connectivity index (χ2n) is 5.63. The number of hydrogen-bond acceptors (Lipinski definition) is 5. The van der Waals surface area contributed by atoms with E-state index in [-0.39, 0.29) is 0 Å². The molecule has 126 valence electrons. The third-order valence-electron chi connectivity index (χ3n) is 3.69. The van der Waals surface area contributed by atoms with Crippen LogP contribution in [0.2, 0.25) is 0 Å². The van der Waals surface area contributed by atoms with Crippen molar-refractivity contribution in [2.45, 2.75) is 0 Å². The first-order valence-electron chi connectivity index (χ1n) is 7.42. The lowest BCUT2D eigenvalue weighted by Gasteiger charge is -2.06. The second-order valence-corrected chi connectivity index (χ2v) is 7.37. The zero-order valence-corrected chi connectivity index (χ0v) is 14.0. The molecule has 0 saturated heterocycles. The van der Waals surface area contributed by atoms with Crippen LogP contribution in [-0.2, 0) is 10.0 Å². The third kappa shape index (κ3) is 3.09. The highest BCUT2D eigenvalue weighted by Gasteiger charge is 2.12. The van der Waals surface area contributed by atoms with Gasteiger partial charge < -0.3 is 4.98 Å². The lowest BCUT2D eigenvalue weighted by atomic mass is 10.0. The van der Waals surface area contributed by atoms with Crippen LogP contribution in [0.15, 0.2) is 48.8 Å². The van der Waals surface area contributed by atoms with E-state index in [1.807, 2.05) is 24.3 Å². The Morgan fingerprint density at radius 1 is 1.08 bits per heavy atom. The molecule has 0 fully saturated rings. The minimum Gasteiger partial charge on any atom is -0.328 e. The largest absolute Gasteiger partial charge is 0.328 e. The van der Waals surface area contributed by atoms with E-state index in [1.165, 1.54) is 6.33 Å². The van der Waals surface area contributed by atoms with Crippen LogP contribution < -0.4 is 4.72 Å². The van der Waals surface area contributed by atoms with E-state index in [1.54, 1.807) is 18.2 Å². The molecule has 8 nitrogen and oxygen atoms in total. The van der Waals surface area contributed by atoms with E-state index in [0.717, 1.165) is 34.0 Å². The summed E-state index contributed by atoms with van der Waals surface area (Å²) in [6.07, 6.45) is 2.64. The molecule has 0 bridgehead atoms. The summed E-state index contributed by atoms with van der Waals surface area (Å²) in [6, 6.07) is 12.9. The number of nitrogens with zero attached hydrogens (tertiary/aromatic N) is 3. The fourth-order valence-corrected chi connectivity index (χ4v) is 3.23. The molecular formula is C16H14N6O2S. The van der Waals surface area contributed by atoms with Gasteiger partial charge in [-0.1, -0.05) is 12.1 Å². The van der Waals surface area contributed by atoms with Gasteiger partial charge in [-0.15, -0.1) is 10.2 Å². The Labute approximate surface area is 143 Å². The van der Waals surface area contributed by atoms with Crippen molar-refractivity contribution in [3.05, 3.63) is 48.8 Å². The van der Waals surface area contributed by atoms with E-state index < -0.39 is 10.0 Å². The summed E-state index contributed by atoms with van der Waals surface area (Å²) in [5.74, 6) is 0.668. The number of rotatable bonds is 4. The molecule has 2 aromatic heterocycles. The maximum Gasteiger partial charge on any atom is 0.229 e. The number of nitrogens with one attached hydrogen (secondary N) is 3. The Morgan fingerprint density at radius 3 is 2.72 bits per heavy atom. The van der Waals surface area contributed by atoms with Crippen molar-refractivity contribution >= 4 is 26.6 Å². The second kappa shape index (κ2) is 5.71. The minimum atomic E-state index is -3.34. The summed E-state index contributed by atoms with van der Waals surface area (Å²) in [5.41, 5.74) is 3.78. The molecule has 2 heterocycles. The number of sulfonamides is 1. The highest BCUT2D eigenvalue weighted by Crippen LogP contribution is 2.30. The fraction of sp³-hybridized carbons (Fsp3) is 0.0625. The molecule has 4 rings (SSSR count). The molecule has 3 N–H and O–H groups in total. The van der Waals surface area contributed by atoms with E-state index in [0.29, 0.717) is 11.5 Å². The van der Waals surface area contributed by atoms with Crippen LogP contribution in [0.3, 0.4) is 0 Å². The zero-order valence-electron chi connectivity index (χ0n) is 13.2. The predicted molar refractivity (Wildman–Crippen MR) is 95.4 cm³/mol. The number of aromatic nitrogens is 5.